The van der Waals surface area contributed by atoms with Gasteiger partial charge in [0.05, 0.1) is 7.11 Å². The molecule has 0 aliphatic heterocycles. The number of methoxy groups -OCH3 is 1. The number of allylic oxidation sites excluding steroid dienone is 1. The molecule has 0 saturated heterocycles. The summed E-state index contributed by atoms with van der Waals surface area (Å²) >= 11 is 0. The van der Waals surface area contributed by atoms with E-state index < -0.39 is 5.91 Å². The van der Waals surface area contributed by atoms with Crippen molar-refractivity contribution in [2.75, 3.05) is 7.11 Å². The van der Waals surface area contributed by atoms with Crippen LogP contribution in [0.4, 0.5) is 0 Å². The summed E-state index contributed by atoms with van der Waals surface area (Å²) in [4.78, 5) is 23.6. The lowest BCUT2D eigenvalue weighted by Gasteiger charge is -2.19. The first-order valence-corrected chi connectivity index (χ1v) is 6.96. The molecule has 0 bridgehead atoms. The lowest BCUT2D eigenvalue weighted by Crippen LogP contribution is -2.23. The average molecular weight is 289 g/mol. The van der Waals surface area contributed by atoms with Crippen LogP contribution in [-0.4, -0.2) is 24.0 Å². The van der Waals surface area contributed by atoms with Crippen LogP contribution in [0.15, 0.2) is 35.9 Å². The fraction of sp³-hybridized carbons (Fsp3) is 0.375. The molecule has 1 amide bonds. The Bertz CT molecular complexity index is 548. The van der Waals surface area contributed by atoms with E-state index in [-0.39, 0.29) is 11.7 Å². The molecule has 1 aliphatic carbocycles. The number of rotatable bonds is 5. The van der Waals surface area contributed by atoms with Gasteiger partial charge in [-0.2, -0.15) is 0 Å². The van der Waals surface area contributed by atoms with Gasteiger partial charge in [0, 0.05) is 17.6 Å². The summed E-state index contributed by atoms with van der Waals surface area (Å²) in [5, 5.41) is 8.66. The number of benzene rings is 1. The Morgan fingerprint density at radius 3 is 2.67 bits per heavy atom. The Kier molecular flexibility index (Phi) is 5.11. The van der Waals surface area contributed by atoms with Crippen molar-refractivity contribution in [2.45, 2.75) is 25.7 Å². The van der Waals surface area contributed by atoms with Crippen molar-refractivity contribution in [3.05, 3.63) is 41.5 Å². The summed E-state index contributed by atoms with van der Waals surface area (Å²) in [6.07, 6.45) is 4.54. The molecule has 2 rings (SSSR count). The van der Waals surface area contributed by atoms with Crippen LogP contribution in [0.25, 0.3) is 0 Å². The van der Waals surface area contributed by atoms with Gasteiger partial charge in [0.15, 0.2) is 5.78 Å². The van der Waals surface area contributed by atoms with Crippen LogP contribution in [0.2, 0.25) is 0 Å². The number of nitrogens with one attached hydrogen (secondary N) is 1. The standard InChI is InChI=1S/C16H19NO4/c1-21-14-7-5-12(6-8-14)15(18)10-11-3-2-4-13(9-11)16(19)17-20/h5-9,11,20H,2-4,10H2,1H3,(H,17,19). The minimum atomic E-state index is -0.475. The smallest absolute Gasteiger partial charge is 0.270 e. The zero-order valence-corrected chi connectivity index (χ0v) is 12.0. The minimum absolute atomic E-state index is 0.0423. The van der Waals surface area contributed by atoms with Gasteiger partial charge in [0.25, 0.3) is 5.91 Å². The molecule has 0 fully saturated rings. The number of Topliss-reactive ketones (excluding diaryl/α,β-unsaturated/α-hetero) is 1. The van der Waals surface area contributed by atoms with E-state index in [9.17, 15) is 9.59 Å². The normalized spacial score (nSPS) is 17.8. The third kappa shape index (κ3) is 3.92. The highest BCUT2D eigenvalue weighted by Gasteiger charge is 2.20. The van der Waals surface area contributed by atoms with E-state index in [2.05, 4.69) is 0 Å². The van der Waals surface area contributed by atoms with Gasteiger partial charge < -0.3 is 4.74 Å². The molecule has 5 nitrogen and oxygen atoms in total. The van der Waals surface area contributed by atoms with Gasteiger partial charge in [-0.15, -0.1) is 0 Å². The number of hydrogen-bond acceptors (Lipinski definition) is 4. The summed E-state index contributed by atoms with van der Waals surface area (Å²) in [6.45, 7) is 0. The van der Waals surface area contributed by atoms with Gasteiger partial charge in [-0.25, -0.2) is 5.48 Å². The van der Waals surface area contributed by atoms with Crippen molar-refractivity contribution in [3.8, 4) is 5.75 Å². The third-order valence-electron chi connectivity index (χ3n) is 3.71. The predicted molar refractivity (Wildman–Crippen MR) is 77.3 cm³/mol. The zero-order valence-electron chi connectivity index (χ0n) is 12.0. The molecule has 0 radical (unpaired) electrons. The maximum absolute atomic E-state index is 12.2. The summed E-state index contributed by atoms with van der Waals surface area (Å²) < 4.78 is 5.06. The van der Waals surface area contributed by atoms with Crippen molar-refractivity contribution in [1.29, 1.82) is 0 Å². The van der Waals surface area contributed by atoms with Crippen molar-refractivity contribution in [3.63, 3.8) is 0 Å². The maximum Gasteiger partial charge on any atom is 0.270 e. The topological polar surface area (TPSA) is 75.6 Å². The van der Waals surface area contributed by atoms with Crippen LogP contribution in [-0.2, 0) is 4.79 Å². The number of hydroxylamine groups is 1. The highest BCUT2D eigenvalue weighted by Crippen LogP contribution is 2.27. The van der Waals surface area contributed by atoms with Gasteiger partial charge in [-0.1, -0.05) is 6.08 Å². The van der Waals surface area contributed by atoms with Crippen molar-refractivity contribution in [1.82, 2.24) is 5.48 Å². The Morgan fingerprint density at radius 2 is 2.05 bits per heavy atom. The summed E-state index contributed by atoms with van der Waals surface area (Å²) in [7, 11) is 1.58. The van der Waals surface area contributed by atoms with Gasteiger partial charge >= 0.3 is 0 Å². The van der Waals surface area contributed by atoms with Gasteiger partial charge in [-0.3, -0.25) is 14.8 Å². The van der Waals surface area contributed by atoms with Gasteiger partial charge in [0.2, 0.25) is 0 Å². The number of amides is 1. The molecule has 1 unspecified atom stereocenters. The van der Waals surface area contributed by atoms with Crippen molar-refractivity contribution in [2.24, 2.45) is 5.92 Å². The summed E-state index contributed by atoms with van der Waals surface area (Å²) in [6, 6.07) is 7.01. The molecule has 21 heavy (non-hydrogen) atoms. The molecule has 0 saturated carbocycles. The van der Waals surface area contributed by atoms with Crippen LogP contribution in [0.1, 0.15) is 36.0 Å². The van der Waals surface area contributed by atoms with Crippen molar-refractivity contribution >= 4 is 11.7 Å². The molecule has 0 spiro atoms. The first-order chi connectivity index (χ1) is 10.1. The van der Waals surface area contributed by atoms with Crippen LogP contribution in [0, 0.1) is 5.92 Å². The molecular weight excluding hydrogens is 270 g/mol. The van der Waals surface area contributed by atoms with E-state index in [0.717, 1.165) is 12.8 Å². The number of ether oxygens (including phenoxy) is 1. The first-order valence-electron chi connectivity index (χ1n) is 6.96. The molecule has 1 aromatic rings. The second-order valence-corrected chi connectivity index (χ2v) is 5.14. The highest BCUT2D eigenvalue weighted by atomic mass is 16.5. The molecule has 112 valence electrons. The summed E-state index contributed by atoms with van der Waals surface area (Å²) in [5.41, 5.74) is 2.84. The molecular formula is C16H19NO4. The number of hydrogen-bond donors (Lipinski definition) is 2. The molecule has 1 atom stereocenters. The quantitative estimate of drug-likeness (QED) is 0.496. The predicted octanol–water partition coefficient (Wildman–Crippen LogP) is 2.50. The number of ketones is 1. The largest absolute Gasteiger partial charge is 0.497 e. The number of carbonyl (C=O) groups is 2. The Morgan fingerprint density at radius 1 is 1.33 bits per heavy atom. The Hall–Kier alpha value is -2.14. The van der Waals surface area contributed by atoms with Crippen LogP contribution in [0.3, 0.4) is 0 Å². The van der Waals surface area contributed by atoms with E-state index in [0.29, 0.717) is 29.7 Å². The van der Waals surface area contributed by atoms with E-state index in [1.54, 1.807) is 42.9 Å². The monoisotopic (exact) mass is 289 g/mol. The molecule has 0 heterocycles. The molecule has 1 aliphatic rings. The first kappa shape index (κ1) is 15.3. The molecule has 5 heteroatoms. The minimum Gasteiger partial charge on any atom is -0.497 e. The SMILES string of the molecule is COc1ccc(C(=O)CC2C=C(C(=O)NO)CCC2)cc1. The van der Waals surface area contributed by atoms with Gasteiger partial charge in [-0.05, 0) is 49.4 Å². The fourth-order valence-electron chi connectivity index (χ4n) is 2.56. The van der Waals surface area contributed by atoms with Gasteiger partial charge in [0.1, 0.15) is 5.75 Å². The average Bonchev–Trinajstić information content (AvgIpc) is 2.54. The van der Waals surface area contributed by atoms with Crippen LogP contribution >= 0.6 is 0 Å². The Labute approximate surface area is 123 Å². The number of carbonyl (C=O) groups excluding carboxylic acids is 2. The summed E-state index contributed by atoms with van der Waals surface area (Å²) in [5.74, 6) is 0.327. The lowest BCUT2D eigenvalue weighted by atomic mass is 9.86. The van der Waals surface area contributed by atoms with E-state index in [1.807, 2.05) is 0 Å². The molecule has 0 aromatic heterocycles. The highest BCUT2D eigenvalue weighted by molar-refractivity contribution is 5.97. The maximum atomic E-state index is 12.2. The fourth-order valence-corrected chi connectivity index (χ4v) is 2.56. The Balaban J connectivity index is 2.03. The van der Waals surface area contributed by atoms with E-state index in [4.69, 9.17) is 9.94 Å². The van der Waals surface area contributed by atoms with Crippen LogP contribution in [0.5, 0.6) is 5.75 Å². The molecule has 2 N–H and O–H groups in total. The second kappa shape index (κ2) is 7.04. The molecule has 1 aromatic carbocycles. The van der Waals surface area contributed by atoms with E-state index >= 15 is 0 Å². The second-order valence-electron chi connectivity index (χ2n) is 5.14. The zero-order chi connectivity index (χ0) is 15.2. The van der Waals surface area contributed by atoms with Crippen LogP contribution < -0.4 is 10.2 Å². The third-order valence-corrected chi connectivity index (χ3v) is 3.71. The lowest BCUT2D eigenvalue weighted by molar-refractivity contribution is -0.125. The van der Waals surface area contributed by atoms with E-state index in [1.165, 1.54) is 0 Å². The van der Waals surface area contributed by atoms with Crippen molar-refractivity contribution < 1.29 is 19.5 Å².